The molecule has 1 fully saturated rings. The molecule has 0 atom stereocenters. The zero-order valence-corrected chi connectivity index (χ0v) is 14.8. The lowest BCUT2D eigenvalue weighted by atomic mass is 10.1. The average Bonchev–Trinajstić information content (AvgIpc) is 2.54. The summed E-state index contributed by atoms with van der Waals surface area (Å²) in [6, 6.07) is 9.83. The van der Waals surface area contributed by atoms with Gasteiger partial charge in [0.15, 0.2) is 0 Å². The maximum absolute atomic E-state index is 12.7. The summed E-state index contributed by atoms with van der Waals surface area (Å²) in [5, 5.41) is 12.0. The third kappa shape index (κ3) is 3.42. The second kappa shape index (κ2) is 6.70. The standard InChI is InChI=1S/C17H10BrClN2O4/c18-13-7-9(4-5-14(13)22)6-12-15(23)20-17(25)21(16(12)24)11-3-1-2-10(19)8-11/h1-8,22H,(H,20,23,25)/b12-6-. The van der Waals surface area contributed by atoms with Crippen molar-refractivity contribution < 1.29 is 19.5 Å². The fourth-order valence-electron chi connectivity index (χ4n) is 2.29. The number of barbiturate groups is 1. The summed E-state index contributed by atoms with van der Waals surface area (Å²) in [5.74, 6) is -1.53. The van der Waals surface area contributed by atoms with Gasteiger partial charge in [-0.2, -0.15) is 0 Å². The number of nitrogens with one attached hydrogen (secondary N) is 1. The Morgan fingerprint density at radius 2 is 1.88 bits per heavy atom. The summed E-state index contributed by atoms with van der Waals surface area (Å²) in [6.07, 6.45) is 1.34. The van der Waals surface area contributed by atoms with Crippen molar-refractivity contribution >= 4 is 57.1 Å². The second-order valence-electron chi connectivity index (χ2n) is 5.15. The Morgan fingerprint density at radius 1 is 1.12 bits per heavy atom. The molecule has 0 aliphatic carbocycles. The van der Waals surface area contributed by atoms with E-state index in [1.807, 2.05) is 0 Å². The van der Waals surface area contributed by atoms with Gasteiger partial charge in [0, 0.05) is 5.02 Å². The molecular formula is C17H10BrClN2O4. The van der Waals surface area contributed by atoms with E-state index in [9.17, 15) is 19.5 Å². The van der Waals surface area contributed by atoms with Gasteiger partial charge in [-0.15, -0.1) is 0 Å². The second-order valence-corrected chi connectivity index (χ2v) is 6.44. The quantitative estimate of drug-likeness (QED) is 0.574. The van der Waals surface area contributed by atoms with Gasteiger partial charge in [0.2, 0.25) is 0 Å². The van der Waals surface area contributed by atoms with Crippen molar-refractivity contribution in [3.63, 3.8) is 0 Å². The van der Waals surface area contributed by atoms with Gasteiger partial charge in [-0.1, -0.05) is 23.7 Å². The molecule has 0 bridgehead atoms. The van der Waals surface area contributed by atoms with Crippen LogP contribution in [0.25, 0.3) is 6.08 Å². The van der Waals surface area contributed by atoms with Crippen LogP contribution in [0.2, 0.25) is 5.02 Å². The molecule has 2 aromatic carbocycles. The lowest BCUT2D eigenvalue weighted by Crippen LogP contribution is -2.54. The highest BCUT2D eigenvalue weighted by molar-refractivity contribution is 9.10. The minimum Gasteiger partial charge on any atom is -0.507 e. The molecule has 126 valence electrons. The van der Waals surface area contributed by atoms with Crippen molar-refractivity contribution in [1.29, 1.82) is 0 Å². The number of amides is 4. The van der Waals surface area contributed by atoms with Gasteiger partial charge < -0.3 is 5.11 Å². The molecule has 1 heterocycles. The Labute approximate surface area is 155 Å². The number of benzene rings is 2. The van der Waals surface area contributed by atoms with E-state index in [0.717, 1.165) is 4.90 Å². The lowest BCUT2D eigenvalue weighted by Gasteiger charge is -2.26. The molecule has 0 spiro atoms. The Morgan fingerprint density at radius 3 is 2.56 bits per heavy atom. The molecule has 4 amide bonds. The predicted molar refractivity (Wildman–Crippen MR) is 96.3 cm³/mol. The predicted octanol–water partition coefficient (Wildman–Crippen LogP) is 3.47. The molecule has 0 unspecified atom stereocenters. The van der Waals surface area contributed by atoms with E-state index in [1.165, 1.54) is 30.3 Å². The van der Waals surface area contributed by atoms with E-state index < -0.39 is 17.8 Å². The normalized spacial score (nSPS) is 16.3. The van der Waals surface area contributed by atoms with Crippen LogP contribution in [0.15, 0.2) is 52.5 Å². The van der Waals surface area contributed by atoms with E-state index in [-0.39, 0.29) is 17.0 Å². The number of phenolic OH excluding ortho intramolecular Hbond substituents is 1. The fourth-order valence-corrected chi connectivity index (χ4v) is 2.87. The minimum atomic E-state index is -0.846. The van der Waals surface area contributed by atoms with Gasteiger partial charge in [0.05, 0.1) is 10.2 Å². The van der Waals surface area contributed by atoms with Crippen LogP contribution in [-0.2, 0) is 9.59 Å². The average molecular weight is 422 g/mol. The topological polar surface area (TPSA) is 86.7 Å². The Bertz CT molecular complexity index is 942. The molecule has 25 heavy (non-hydrogen) atoms. The van der Waals surface area contributed by atoms with Crippen molar-refractivity contribution in [1.82, 2.24) is 5.32 Å². The van der Waals surface area contributed by atoms with Crippen LogP contribution in [0.1, 0.15) is 5.56 Å². The molecule has 1 saturated heterocycles. The summed E-state index contributed by atoms with van der Waals surface area (Å²) in [6.45, 7) is 0. The smallest absolute Gasteiger partial charge is 0.335 e. The summed E-state index contributed by atoms with van der Waals surface area (Å²) in [7, 11) is 0. The number of nitrogens with zero attached hydrogens (tertiary/aromatic N) is 1. The highest BCUT2D eigenvalue weighted by Crippen LogP contribution is 2.27. The molecular weight excluding hydrogens is 412 g/mol. The van der Waals surface area contributed by atoms with E-state index in [0.29, 0.717) is 15.1 Å². The number of anilines is 1. The maximum atomic E-state index is 12.7. The van der Waals surface area contributed by atoms with E-state index in [1.54, 1.807) is 18.2 Å². The van der Waals surface area contributed by atoms with E-state index in [2.05, 4.69) is 21.2 Å². The van der Waals surface area contributed by atoms with Crippen LogP contribution in [0.5, 0.6) is 5.75 Å². The monoisotopic (exact) mass is 420 g/mol. The molecule has 3 rings (SSSR count). The number of phenols is 1. The van der Waals surface area contributed by atoms with Crippen LogP contribution < -0.4 is 10.2 Å². The van der Waals surface area contributed by atoms with Crippen molar-refractivity contribution in [3.8, 4) is 5.75 Å². The third-order valence-electron chi connectivity index (χ3n) is 3.45. The molecule has 0 aromatic heterocycles. The van der Waals surface area contributed by atoms with Crippen molar-refractivity contribution in [3.05, 3.63) is 63.1 Å². The summed E-state index contributed by atoms with van der Waals surface area (Å²) < 4.78 is 0.410. The van der Waals surface area contributed by atoms with E-state index >= 15 is 0 Å². The first-order chi connectivity index (χ1) is 11.9. The first-order valence-electron chi connectivity index (χ1n) is 7.02. The van der Waals surface area contributed by atoms with Crippen LogP contribution in [-0.4, -0.2) is 23.0 Å². The largest absolute Gasteiger partial charge is 0.507 e. The first-order valence-corrected chi connectivity index (χ1v) is 8.19. The van der Waals surface area contributed by atoms with Gasteiger partial charge in [0.1, 0.15) is 11.3 Å². The maximum Gasteiger partial charge on any atom is 0.335 e. The molecule has 0 radical (unpaired) electrons. The molecule has 1 aliphatic rings. The lowest BCUT2D eigenvalue weighted by molar-refractivity contribution is -0.122. The molecule has 8 heteroatoms. The molecule has 0 saturated carbocycles. The number of hydrogen-bond donors (Lipinski definition) is 2. The number of hydrogen-bond acceptors (Lipinski definition) is 4. The number of urea groups is 1. The Kier molecular flexibility index (Phi) is 4.61. The van der Waals surface area contributed by atoms with E-state index in [4.69, 9.17) is 11.6 Å². The van der Waals surface area contributed by atoms with Gasteiger partial charge in [-0.25, -0.2) is 9.69 Å². The highest BCUT2D eigenvalue weighted by atomic mass is 79.9. The number of halogens is 2. The van der Waals surface area contributed by atoms with Gasteiger partial charge in [-0.3, -0.25) is 14.9 Å². The molecule has 1 aliphatic heterocycles. The number of carbonyl (C=O) groups excluding carboxylic acids is 3. The van der Waals surface area contributed by atoms with Crippen LogP contribution >= 0.6 is 27.5 Å². The number of carbonyl (C=O) groups is 3. The van der Waals surface area contributed by atoms with Crippen LogP contribution in [0, 0.1) is 0 Å². The Balaban J connectivity index is 2.03. The van der Waals surface area contributed by atoms with Crippen molar-refractivity contribution in [2.75, 3.05) is 4.90 Å². The van der Waals surface area contributed by atoms with Gasteiger partial charge in [-0.05, 0) is 57.9 Å². The zero-order chi connectivity index (χ0) is 18.1. The van der Waals surface area contributed by atoms with Crippen LogP contribution in [0.3, 0.4) is 0 Å². The number of rotatable bonds is 2. The first kappa shape index (κ1) is 17.2. The summed E-state index contributed by atoms with van der Waals surface area (Å²) >= 11 is 9.07. The molecule has 2 aromatic rings. The zero-order valence-electron chi connectivity index (χ0n) is 12.5. The number of imide groups is 2. The van der Waals surface area contributed by atoms with Gasteiger partial charge >= 0.3 is 6.03 Å². The summed E-state index contributed by atoms with van der Waals surface area (Å²) in [5.41, 5.74) is 0.543. The van der Waals surface area contributed by atoms with Gasteiger partial charge in [0.25, 0.3) is 11.8 Å². The SMILES string of the molecule is O=C1NC(=O)N(c2cccc(Cl)c2)C(=O)/C1=C\c1ccc(O)c(Br)c1. The van der Waals surface area contributed by atoms with Crippen molar-refractivity contribution in [2.24, 2.45) is 0 Å². The molecule has 6 nitrogen and oxygen atoms in total. The van der Waals surface area contributed by atoms with Crippen LogP contribution in [0.4, 0.5) is 10.5 Å². The number of aromatic hydroxyl groups is 1. The van der Waals surface area contributed by atoms with Crippen molar-refractivity contribution in [2.45, 2.75) is 0 Å². The Hall–Kier alpha value is -2.64. The fraction of sp³-hybridized carbons (Fsp3) is 0. The summed E-state index contributed by atoms with van der Waals surface area (Å²) in [4.78, 5) is 37.7. The third-order valence-corrected chi connectivity index (χ3v) is 4.32. The highest BCUT2D eigenvalue weighted by Gasteiger charge is 2.36. The minimum absolute atomic E-state index is 0.0253. The molecule has 2 N–H and O–H groups in total.